The molecule has 1 aromatic rings. The van der Waals surface area contributed by atoms with Crippen molar-refractivity contribution in [2.24, 2.45) is 5.92 Å². The summed E-state index contributed by atoms with van der Waals surface area (Å²) < 4.78 is 0.868. The van der Waals surface area contributed by atoms with E-state index in [0.717, 1.165) is 22.9 Å². The molecule has 0 radical (unpaired) electrons. The summed E-state index contributed by atoms with van der Waals surface area (Å²) in [7, 11) is 0. The van der Waals surface area contributed by atoms with Crippen molar-refractivity contribution >= 4 is 21.7 Å². The molecule has 0 unspecified atom stereocenters. The largest absolute Gasteiger partial charge is 0.353 e. The van der Waals surface area contributed by atoms with Gasteiger partial charge >= 0.3 is 0 Å². The van der Waals surface area contributed by atoms with Crippen LogP contribution in [-0.2, 0) is 0 Å². The molecule has 1 aliphatic rings. The van der Waals surface area contributed by atoms with Crippen LogP contribution in [-0.4, -0.2) is 22.6 Å². The summed E-state index contributed by atoms with van der Waals surface area (Å²) in [6.07, 6.45) is 5.46. The minimum atomic E-state index is 0.709. The maximum Gasteiger partial charge on any atom is 0.133 e. The number of nitrogens with zero attached hydrogens (tertiary/aromatic N) is 3. The van der Waals surface area contributed by atoms with E-state index in [0.29, 0.717) is 6.04 Å². The van der Waals surface area contributed by atoms with Gasteiger partial charge in [0.15, 0.2) is 0 Å². The molecular formula is C12H18BrN3. The molecule has 2 rings (SSSR count). The summed E-state index contributed by atoms with van der Waals surface area (Å²) in [4.78, 5) is 10.9. The van der Waals surface area contributed by atoms with Gasteiger partial charge in [0.05, 0.1) is 0 Å². The number of halogens is 1. The van der Waals surface area contributed by atoms with Crippen LogP contribution in [0.15, 0.2) is 17.0 Å². The Morgan fingerprint density at radius 2 is 2.19 bits per heavy atom. The Kier molecular flexibility index (Phi) is 3.79. The highest BCUT2D eigenvalue weighted by Crippen LogP contribution is 2.31. The Morgan fingerprint density at radius 3 is 2.75 bits per heavy atom. The van der Waals surface area contributed by atoms with Gasteiger partial charge in [0, 0.05) is 18.7 Å². The predicted octanol–water partition coefficient (Wildman–Crippen LogP) is 3.25. The van der Waals surface area contributed by atoms with E-state index < -0.39 is 0 Å². The second kappa shape index (κ2) is 5.13. The summed E-state index contributed by atoms with van der Waals surface area (Å²) in [5, 5.41) is 0. The summed E-state index contributed by atoms with van der Waals surface area (Å²) in [5.74, 6) is 1.80. The Balaban J connectivity index is 2.06. The van der Waals surface area contributed by atoms with Crippen LogP contribution in [0.3, 0.4) is 0 Å². The van der Waals surface area contributed by atoms with Gasteiger partial charge in [-0.05, 0) is 41.1 Å². The number of anilines is 1. The van der Waals surface area contributed by atoms with Gasteiger partial charge in [0.25, 0.3) is 0 Å². The molecule has 0 saturated heterocycles. The standard InChI is InChI=1S/C12H18BrN3/c1-9(2)5-6-16(10-3-4-10)12-7-11(13)14-8-15-12/h7-10H,3-6H2,1-2H3. The van der Waals surface area contributed by atoms with E-state index in [-0.39, 0.29) is 0 Å². The van der Waals surface area contributed by atoms with E-state index in [1.165, 1.54) is 19.3 Å². The second-order valence-electron chi connectivity index (χ2n) is 4.81. The maximum atomic E-state index is 4.36. The molecule has 3 nitrogen and oxygen atoms in total. The van der Waals surface area contributed by atoms with Crippen LogP contribution in [0.1, 0.15) is 33.1 Å². The van der Waals surface area contributed by atoms with Crippen LogP contribution >= 0.6 is 15.9 Å². The average Bonchev–Trinajstić information content (AvgIpc) is 3.02. The third-order valence-electron chi connectivity index (χ3n) is 2.85. The van der Waals surface area contributed by atoms with Crippen molar-refractivity contribution in [2.75, 3.05) is 11.4 Å². The fourth-order valence-corrected chi connectivity index (χ4v) is 2.05. The normalized spacial score (nSPS) is 15.5. The molecule has 88 valence electrons. The van der Waals surface area contributed by atoms with Crippen molar-refractivity contribution in [3.05, 3.63) is 17.0 Å². The third-order valence-corrected chi connectivity index (χ3v) is 3.28. The van der Waals surface area contributed by atoms with Gasteiger partial charge in [-0.15, -0.1) is 0 Å². The highest BCUT2D eigenvalue weighted by molar-refractivity contribution is 9.10. The van der Waals surface area contributed by atoms with Gasteiger partial charge in [0.1, 0.15) is 16.7 Å². The first kappa shape index (κ1) is 11.8. The van der Waals surface area contributed by atoms with Gasteiger partial charge in [-0.3, -0.25) is 0 Å². The van der Waals surface area contributed by atoms with Crippen LogP contribution in [0.5, 0.6) is 0 Å². The monoisotopic (exact) mass is 283 g/mol. The minimum absolute atomic E-state index is 0.709. The van der Waals surface area contributed by atoms with Crippen LogP contribution in [0.4, 0.5) is 5.82 Å². The van der Waals surface area contributed by atoms with Gasteiger partial charge in [-0.2, -0.15) is 0 Å². The van der Waals surface area contributed by atoms with Crippen molar-refractivity contribution < 1.29 is 0 Å². The summed E-state index contributed by atoms with van der Waals surface area (Å²) in [6, 6.07) is 2.72. The van der Waals surface area contributed by atoms with Crippen molar-refractivity contribution in [1.29, 1.82) is 0 Å². The number of hydrogen-bond donors (Lipinski definition) is 0. The summed E-state index contributed by atoms with van der Waals surface area (Å²) >= 11 is 3.40. The molecule has 1 aromatic heterocycles. The van der Waals surface area contributed by atoms with Crippen molar-refractivity contribution in [3.8, 4) is 0 Å². The van der Waals surface area contributed by atoms with E-state index in [1.54, 1.807) is 6.33 Å². The summed E-state index contributed by atoms with van der Waals surface area (Å²) in [6.45, 7) is 5.63. The van der Waals surface area contributed by atoms with Crippen molar-refractivity contribution in [3.63, 3.8) is 0 Å². The van der Waals surface area contributed by atoms with Crippen LogP contribution < -0.4 is 4.90 Å². The van der Waals surface area contributed by atoms with Gasteiger partial charge in [-0.25, -0.2) is 9.97 Å². The second-order valence-corrected chi connectivity index (χ2v) is 5.62. The van der Waals surface area contributed by atoms with Crippen LogP contribution in [0, 0.1) is 5.92 Å². The van der Waals surface area contributed by atoms with E-state index in [4.69, 9.17) is 0 Å². The first-order chi connectivity index (χ1) is 7.66. The Bertz CT molecular complexity index is 350. The van der Waals surface area contributed by atoms with E-state index >= 15 is 0 Å². The molecule has 0 aromatic carbocycles. The Labute approximate surface area is 105 Å². The molecule has 0 bridgehead atoms. The number of hydrogen-bond acceptors (Lipinski definition) is 3. The topological polar surface area (TPSA) is 29.0 Å². The lowest BCUT2D eigenvalue weighted by molar-refractivity contribution is 0.568. The fourth-order valence-electron chi connectivity index (χ4n) is 1.75. The van der Waals surface area contributed by atoms with Crippen molar-refractivity contribution in [1.82, 2.24) is 9.97 Å². The number of rotatable bonds is 5. The van der Waals surface area contributed by atoms with Crippen molar-refractivity contribution in [2.45, 2.75) is 39.2 Å². The molecule has 4 heteroatoms. The molecular weight excluding hydrogens is 266 g/mol. The third kappa shape index (κ3) is 3.17. The molecule has 0 aliphatic heterocycles. The van der Waals surface area contributed by atoms with E-state index in [2.05, 4.69) is 44.6 Å². The maximum absolute atomic E-state index is 4.36. The molecule has 0 N–H and O–H groups in total. The van der Waals surface area contributed by atoms with Crippen LogP contribution in [0.2, 0.25) is 0 Å². The minimum Gasteiger partial charge on any atom is -0.353 e. The van der Waals surface area contributed by atoms with Gasteiger partial charge in [0.2, 0.25) is 0 Å². The molecule has 1 fully saturated rings. The predicted molar refractivity (Wildman–Crippen MR) is 69.6 cm³/mol. The molecule has 1 aliphatic carbocycles. The van der Waals surface area contributed by atoms with E-state index in [1.807, 2.05) is 6.07 Å². The van der Waals surface area contributed by atoms with E-state index in [9.17, 15) is 0 Å². The molecule has 16 heavy (non-hydrogen) atoms. The zero-order chi connectivity index (χ0) is 11.5. The van der Waals surface area contributed by atoms with Gasteiger partial charge in [-0.1, -0.05) is 13.8 Å². The molecule has 1 saturated carbocycles. The first-order valence-corrected chi connectivity index (χ1v) is 6.70. The lowest BCUT2D eigenvalue weighted by Gasteiger charge is -2.24. The zero-order valence-electron chi connectivity index (χ0n) is 9.86. The average molecular weight is 284 g/mol. The zero-order valence-corrected chi connectivity index (χ0v) is 11.4. The highest BCUT2D eigenvalue weighted by atomic mass is 79.9. The Morgan fingerprint density at radius 1 is 1.44 bits per heavy atom. The quantitative estimate of drug-likeness (QED) is 0.777. The molecule has 0 atom stereocenters. The first-order valence-electron chi connectivity index (χ1n) is 5.91. The Hall–Kier alpha value is -0.640. The SMILES string of the molecule is CC(C)CCN(c1cc(Br)ncn1)C1CC1. The summed E-state index contributed by atoms with van der Waals surface area (Å²) in [5.41, 5.74) is 0. The highest BCUT2D eigenvalue weighted by Gasteiger charge is 2.29. The smallest absolute Gasteiger partial charge is 0.133 e. The lowest BCUT2D eigenvalue weighted by atomic mass is 10.1. The van der Waals surface area contributed by atoms with Gasteiger partial charge < -0.3 is 4.90 Å². The fraction of sp³-hybridized carbons (Fsp3) is 0.667. The lowest BCUT2D eigenvalue weighted by Crippen LogP contribution is -2.28. The molecule has 1 heterocycles. The number of aromatic nitrogens is 2. The molecule has 0 spiro atoms. The van der Waals surface area contributed by atoms with Crippen LogP contribution in [0.25, 0.3) is 0 Å². The molecule has 0 amide bonds.